The molecule has 0 aromatic heterocycles. The van der Waals surface area contributed by atoms with E-state index in [1.165, 1.54) is 5.56 Å². The number of hydrogen-bond donors (Lipinski definition) is 1. The van der Waals surface area contributed by atoms with Gasteiger partial charge < -0.3 is 10.5 Å². The van der Waals surface area contributed by atoms with Gasteiger partial charge in [-0.2, -0.15) is 0 Å². The quantitative estimate of drug-likeness (QED) is 0.588. The van der Waals surface area contributed by atoms with E-state index in [1.54, 1.807) is 0 Å². The van der Waals surface area contributed by atoms with Crippen molar-refractivity contribution in [3.63, 3.8) is 0 Å². The van der Waals surface area contributed by atoms with Crippen LogP contribution in [0.4, 0.5) is 0 Å². The first kappa shape index (κ1) is 12.8. The standard InChI is InChI=1S/C14H21NO/c1-4-5-6-9-16-14-10-11(2)7-8-13(14)12(3)15/h4,7-8,10,12H,1,5-6,9,15H2,2-3H3/t12-/m0/s1. The van der Waals surface area contributed by atoms with Crippen molar-refractivity contribution in [1.29, 1.82) is 0 Å². The van der Waals surface area contributed by atoms with Crippen molar-refractivity contribution in [3.05, 3.63) is 42.0 Å². The van der Waals surface area contributed by atoms with Gasteiger partial charge in [-0.1, -0.05) is 18.2 Å². The van der Waals surface area contributed by atoms with Crippen LogP contribution in [0.5, 0.6) is 5.75 Å². The van der Waals surface area contributed by atoms with Crippen LogP contribution in [0.3, 0.4) is 0 Å². The Balaban J connectivity index is 2.68. The molecule has 0 spiro atoms. The fourth-order valence-electron chi connectivity index (χ4n) is 1.55. The second kappa shape index (κ2) is 6.33. The van der Waals surface area contributed by atoms with Gasteiger partial charge in [-0.25, -0.2) is 0 Å². The van der Waals surface area contributed by atoms with Gasteiger partial charge in [-0.15, -0.1) is 6.58 Å². The summed E-state index contributed by atoms with van der Waals surface area (Å²) in [5.41, 5.74) is 8.17. The fourth-order valence-corrected chi connectivity index (χ4v) is 1.55. The number of aryl methyl sites for hydroxylation is 1. The normalized spacial score (nSPS) is 12.2. The van der Waals surface area contributed by atoms with Crippen molar-refractivity contribution >= 4 is 0 Å². The van der Waals surface area contributed by atoms with Gasteiger partial charge in [-0.3, -0.25) is 0 Å². The first-order chi connectivity index (χ1) is 7.65. The first-order valence-corrected chi connectivity index (χ1v) is 5.75. The molecular weight excluding hydrogens is 198 g/mol. The van der Waals surface area contributed by atoms with Crippen molar-refractivity contribution < 1.29 is 4.74 Å². The molecule has 1 rings (SSSR count). The van der Waals surface area contributed by atoms with E-state index in [2.05, 4.69) is 19.6 Å². The fraction of sp³-hybridized carbons (Fsp3) is 0.429. The van der Waals surface area contributed by atoms with Gasteiger partial charge >= 0.3 is 0 Å². The van der Waals surface area contributed by atoms with Gasteiger partial charge in [0.1, 0.15) is 5.75 Å². The van der Waals surface area contributed by atoms with E-state index in [0.717, 1.165) is 30.8 Å². The van der Waals surface area contributed by atoms with Gasteiger partial charge in [0, 0.05) is 11.6 Å². The van der Waals surface area contributed by atoms with E-state index in [0.29, 0.717) is 0 Å². The Hall–Kier alpha value is -1.28. The number of rotatable bonds is 6. The van der Waals surface area contributed by atoms with Crippen LogP contribution < -0.4 is 10.5 Å². The lowest BCUT2D eigenvalue weighted by molar-refractivity contribution is 0.307. The molecule has 0 saturated carbocycles. The number of hydrogen-bond acceptors (Lipinski definition) is 2. The largest absolute Gasteiger partial charge is 0.493 e. The molecule has 16 heavy (non-hydrogen) atoms. The molecule has 2 nitrogen and oxygen atoms in total. The molecule has 0 aliphatic carbocycles. The molecule has 0 aliphatic rings. The maximum absolute atomic E-state index is 5.90. The maximum atomic E-state index is 5.90. The monoisotopic (exact) mass is 219 g/mol. The van der Waals surface area contributed by atoms with E-state index in [-0.39, 0.29) is 6.04 Å². The summed E-state index contributed by atoms with van der Waals surface area (Å²) >= 11 is 0. The number of ether oxygens (including phenoxy) is 1. The molecule has 1 aromatic carbocycles. The molecule has 2 N–H and O–H groups in total. The molecule has 0 heterocycles. The Morgan fingerprint density at radius 3 is 2.88 bits per heavy atom. The predicted octanol–water partition coefficient (Wildman–Crippen LogP) is 3.36. The molecule has 0 bridgehead atoms. The highest BCUT2D eigenvalue weighted by Crippen LogP contribution is 2.25. The van der Waals surface area contributed by atoms with Crippen LogP contribution in [0.1, 0.15) is 36.9 Å². The molecule has 1 atom stereocenters. The molecule has 0 aliphatic heterocycles. The van der Waals surface area contributed by atoms with E-state index >= 15 is 0 Å². The topological polar surface area (TPSA) is 35.2 Å². The number of unbranched alkanes of at least 4 members (excludes halogenated alkanes) is 1. The molecule has 0 unspecified atom stereocenters. The minimum Gasteiger partial charge on any atom is -0.493 e. The summed E-state index contributed by atoms with van der Waals surface area (Å²) in [5, 5.41) is 0. The van der Waals surface area contributed by atoms with Crippen LogP contribution >= 0.6 is 0 Å². The van der Waals surface area contributed by atoms with Crippen molar-refractivity contribution in [2.75, 3.05) is 6.61 Å². The molecule has 2 heteroatoms. The molecule has 88 valence electrons. The summed E-state index contributed by atoms with van der Waals surface area (Å²) in [7, 11) is 0. The molecule has 1 aromatic rings. The summed E-state index contributed by atoms with van der Waals surface area (Å²) in [4.78, 5) is 0. The molecule has 0 saturated heterocycles. The van der Waals surface area contributed by atoms with E-state index < -0.39 is 0 Å². The van der Waals surface area contributed by atoms with Gasteiger partial charge in [0.2, 0.25) is 0 Å². The first-order valence-electron chi connectivity index (χ1n) is 5.75. The van der Waals surface area contributed by atoms with E-state index in [4.69, 9.17) is 10.5 Å². The van der Waals surface area contributed by atoms with Crippen LogP contribution in [-0.4, -0.2) is 6.61 Å². The molecule has 0 radical (unpaired) electrons. The zero-order valence-electron chi connectivity index (χ0n) is 10.2. The highest BCUT2D eigenvalue weighted by Gasteiger charge is 2.07. The number of allylic oxidation sites excluding steroid dienone is 1. The van der Waals surface area contributed by atoms with E-state index in [9.17, 15) is 0 Å². The minimum atomic E-state index is 0.00926. The lowest BCUT2D eigenvalue weighted by Gasteiger charge is -2.14. The average Bonchev–Trinajstić information content (AvgIpc) is 2.24. The number of benzene rings is 1. The second-order valence-corrected chi connectivity index (χ2v) is 4.11. The van der Waals surface area contributed by atoms with Crippen LogP contribution in [-0.2, 0) is 0 Å². The Bertz CT molecular complexity index is 345. The van der Waals surface area contributed by atoms with Crippen molar-refractivity contribution in [1.82, 2.24) is 0 Å². The van der Waals surface area contributed by atoms with Crippen LogP contribution in [0, 0.1) is 6.92 Å². The average molecular weight is 219 g/mol. The van der Waals surface area contributed by atoms with Crippen molar-refractivity contribution in [2.24, 2.45) is 5.73 Å². The Morgan fingerprint density at radius 1 is 1.50 bits per heavy atom. The van der Waals surface area contributed by atoms with Crippen LogP contribution in [0.2, 0.25) is 0 Å². The van der Waals surface area contributed by atoms with Crippen molar-refractivity contribution in [3.8, 4) is 5.75 Å². The summed E-state index contributed by atoms with van der Waals surface area (Å²) in [6.07, 6.45) is 3.89. The molecule has 0 fully saturated rings. The summed E-state index contributed by atoms with van der Waals surface area (Å²) in [6.45, 7) is 8.44. The summed E-state index contributed by atoms with van der Waals surface area (Å²) in [6, 6.07) is 6.17. The van der Waals surface area contributed by atoms with E-state index in [1.807, 2.05) is 25.1 Å². The third-order valence-electron chi connectivity index (χ3n) is 2.47. The van der Waals surface area contributed by atoms with Crippen molar-refractivity contribution in [2.45, 2.75) is 32.7 Å². The number of nitrogens with two attached hydrogens (primary N) is 1. The maximum Gasteiger partial charge on any atom is 0.124 e. The van der Waals surface area contributed by atoms with Gasteiger partial charge in [0.05, 0.1) is 6.61 Å². The highest BCUT2D eigenvalue weighted by molar-refractivity contribution is 5.38. The SMILES string of the molecule is C=CCCCOc1cc(C)ccc1[C@H](C)N. The molecule has 0 amide bonds. The second-order valence-electron chi connectivity index (χ2n) is 4.11. The smallest absolute Gasteiger partial charge is 0.124 e. The third kappa shape index (κ3) is 3.70. The van der Waals surface area contributed by atoms with Gasteiger partial charge in [-0.05, 0) is 38.3 Å². The molecular formula is C14H21NO. The van der Waals surface area contributed by atoms with Crippen LogP contribution in [0.15, 0.2) is 30.9 Å². The zero-order chi connectivity index (χ0) is 12.0. The lowest BCUT2D eigenvalue weighted by Crippen LogP contribution is -2.08. The lowest BCUT2D eigenvalue weighted by atomic mass is 10.1. The summed E-state index contributed by atoms with van der Waals surface area (Å²) < 4.78 is 5.75. The highest BCUT2D eigenvalue weighted by atomic mass is 16.5. The van der Waals surface area contributed by atoms with Gasteiger partial charge in [0.25, 0.3) is 0 Å². The third-order valence-corrected chi connectivity index (χ3v) is 2.47. The Kier molecular flexibility index (Phi) is 5.06. The van der Waals surface area contributed by atoms with Gasteiger partial charge in [0.15, 0.2) is 0 Å². The predicted molar refractivity (Wildman–Crippen MR) is 68.7 cm³/mol. The Labute approximate surface area is 98.1 Å². The Morgan fingerprint density at radius 2 is 2.25 bits per heavy atom. The zero-order valence-corrected chi connectivity index (χ0v) is 10.2. The van der Waals surface area contributed by atoms with Crippen LogP contribution in [0.25, 0.3) is 0 Å². The summed E-state index contributed by atoms with van der Waals surface area (Å²) in [5.74, 6) is 0.916. The minimum absolute atomic E-state index is 0.00926.